The molecule has 0 amide bonds. The molecule has 3 aliphatic rings. The molecule has 0 N–H and O–H groups in total. The zero-order chi connectivity index (χ0) is 43.7. The largest absolute Gasteiger partial charge is 0.306 e. The van der Waals surface area contributed by atoms with Crippen LogP contribution in [0.3, 0.4) is 0 Å². The molecule has 9 aromatic carbocycles. The van der Waals surface area contributed by atoms with Gasteiger partial charge in [-0.15, -0.1) is 0 Å². The number of benzene rings is 9. The maximum absolute atomic E-state index is 5.08. The molecule has 0 saturated carbocycles. The molecule has 0 saturated heterocycles. The lowest BCUT2D eigenvalue weighted by atomic mass is 9.91. The summed E-state index contributed by atoms with van der Waals surface area (Å²) in [6.07, 6.45) is 2.60. The van der Waals surface area contributed by atoms with Crippen molar-refractivity contribution in [1.82, 2.24) is 33.2 Å². The number of nitrogens with zero attached hydrogens (tertiary/aromatic N) is 7. The maximum atomic E-state index is 5.08. The molecule has 3 aromatic heterocycles. The van der Waals surface area contributed by atoms with Gasteiger partial charge in [-0.3, -0.25) is 0 Å². The molecule has 15 rings (SSSR count). The molecular weight excluding hydrogens is 819 g/mol. The van der Waals surface area contributed by atoms with Crippen LogP contribution in [0.25, 0.3) is 101 Å². The van der Waals surface area contributed by atoms with E-state index in [1.165, 1.54) is 66.8 Å². The van der Waals surface area contributed by atoms with Gasteiger partial charge in [0.15, 0.2) is 17.5 Å². The summed E-state index contributed by atoms with van der Waals surface area (Å²) in [5.74, 6) is 1.92. The van der Waals surface area contributed by atoms with E-state index in [0.29, 0.717) is 17.5 Å². The van der Waals surface area contributed by atoms with Crippen molar-refractivity contribution in [3.63, 3.8) is 0 Å². The molecule has 0 spiro atoms. The molecule has 0 radical (unpaired) electrons. The van der Waals surface area contributed by atoms with E-state index in [-0.39, 0.29) is 0 Å². The molecule has 0 aliphatic carbocycles. The minimum Gasteiger partial charge on any atom is -0.306 e. The van der Waals surface area contributed by atoms with Crippen molar-refractivity contribution in [3.05, 3.63) is 234 Å². The Kier molecular flexibility index (Phi) is 7.55. The molecule has 67 heavy (non-hydrogen) atoms. The molecule has 0 fully saturated rings. The molecule has 6 bridgehead atoms. The predicted molar refractivity (Wildman–Crippen MR) is 270 cm³/mol. The van der Waals surface area contributed by atoms with Crippen molar-refractivity contribution in [2.24, 2.45) is 0 Å². The normalized spacial score (nSPS) is 12.9. The number of hydrogen-bond donors (Lipinski definition) is 0. The summed E-state index contributed by atoms with van der Waals surface area (Å²) in [7, 11) is 0. The third kappa shape index (κ3) is 5.43. The average molecular weight is 858 g/mol. The zero-order valence-electron chi connectivity index (χ0n) is 36.3. The highest BCUT2D eigenvalue weighted by Crippen LogP contribution is 2.44. The number of hydrogen-bond acceptors (Lipinski definition) is 3. The van der Waals surface area contributed by atoms with Gasteiger partial charge in [0.1, 0.15) is 0 Å². The lowest BCUT2D eigenvalue weighted by Crippen LogP contribution is -2.18. The van der Waals surface area contributed by atoms with Gasteiger partial charge >= 0.3 is 0 Å². The van der Waals surface area contributed by atoms with Gasteiger partial charge in [-0.1, -0.05) is 127 Å². The summed E-state index contributed by atoms with van der Waals surface area (Å²) in [5.41, 5.74) is 24.8. The Labute approximate surface area is 385 Å². The lowest BCUT2D eigenvalue weighted by Gasteiger charge is -2.32. The third-order valence-electron chi connectivity index (χ3n) is 14.2. The Morgan fingerprint density at radius 3 is 1.18 bits per heavy atom. The van der Waals surface area contributed by atoms with Crippen LogP contribution in [0.15, 0.2) is 200 Å². The number of rotatable bonds is 5. The first-order valence-electron chi connectivity index (χ1n) is 23.1. The summed E-state index contributed by atoms with van der Waals surface area (Å²) < 4.78 is 10.1. The Morgan fingerprint density at radius 2 is 0.701 bits per heavy atom. The van der Waals surface area contributed by atoms with E-state index in [9.17, 15) is 0 Å². The lowest BCUT2D eigenvalue weighted by molar-refractivity contribution is 0.980. The number of aromatic nitrogens is 7. The molecule has 7 nitrogen and oxygen atoms in total. The van der Waals surface area contributed by atoms with Gasteiger partial charge in [-0.05, 0) is 113 Å². The van der Waals surface area contributed by atoms with Gasteiger partial charge in [-0.25, -0.2) is 15.0 Å². The van der Waals surface area contributed by atoms with Gasteiger partial charge in [0.2, 0.25) is 0 Å². The van der Waals surface area contributed by atoms with Crippen LogP contribution < -0.4 is 0 Å². The second-order valence-corrected chi connectivity index (χ2v) is 18.1. The van der Waals surface area contributed by atoms with Gasteiger partial charge < -0.3 is 18.3 Å². The molecule has 7 heteroatoms. The molecule has 314 valence electrons. The molecular formula is C60H39N7. The van der Waals surface area contributed by atoms with Gasteiger partial charge in [0.25, 0.3) is 0 Å². The van der Waals surface area contributed by atoms with Gasteiger partial charge in [0.05, 0.1) is 55.5 Å². The summed E-state index contributed by atoms with van der Waals surface area (Å²) in [6.45, 7) is 0. The summed E-state index contributed by atoms with van der Waals surface area (Å²) >= 11 is 0. The number of fused-ring (bicyclic) bond motifs is 2. The highest BCUT2D eigenvalue weighted by Gasteiger charge is 2.28. The van der Waals surface area contributed by atoms with Crippen molar-refractivity contribution < 1.29 is 0 Å². The monoisotopic (exact) mass is 857 g/mol. The van der Waals surface area contributed by atoms with Crippen LogP contribution >= 0.6 is 0 Å². The van der Waals surface area contributed by atoms with E-state index in [0.717, 1.165) is 69.4 Å². The molecule has 3 aliphatic heterocycles. The topological polar surface area (TPSA) is 58.4 Å². The zero-order valence-corrected chi connectivity index (χ0v) is 36.3. The van der Waals surface area contributed by atoms with Crippen molar-refractivity contribution in [1.29, 1.82) is 0 Å². The fourth-order valence-corrected chi connectivity index (χ4v) is 11.2. The highest BCUT2D eigenvalue weighted by atomic mass is 15.1. The van der Waals surface area contributed by atoms with Gasteiger partial charge in [0, 0.05) is 40.9 Å². The SMILES string of the molecule is c1ccc(-c2nc(-c3ccccc3)nc(-c3ccc(-n4c5cc6c7cc5n5c8c(cccc84)Cc4ccc(cc4-5)Cc4ccc5c(c4)-n7c4c(cccc4n6-c4ccccc4)C5)cc3)n2)cc1. The molecule has 6 heterocycles. The van der Waals surface area contributed by atoms with E-state index < -0.39 is 0 Å². The fourth-order valence-electron chi connectivity index (χ4n) is 11.2. The quantitative estimate of drug-likeness (QED) is 0.162. The number of para-hydroxylation sites is 3. The Morgan fingerprint density at radius 1 is 0.284 bits per heavy atom. The van der Waals surface area contributed by atoms with Crippen LogP contribution in [0.4, 0.5) is 0 Å². The molecule has 0 atom stereocenters. The predicted octanol–water partition coefficient (Wildman–Crippen LogP) is 13.5. The standard InChI is InChI=1S/C60H39N7/c1-4-12-39(13-5-1)58-61-59(40-14-6-2-7-15-40)63-60(62-58)41-26-28-47(29-27-41)65-49-21-11-17-45-34-43-25-23-38-30-37-22-24-42-33-44-16-10-20-48-56(44)66(50(42)31-37)54-36-55(67(57(45)49)51(43)32-38)53(65)35-52(54)64(48)46-18-8-3-9-19-46/h1-29,31-32,35-36H,30,33-34H2. The molecule has 12 aromatic rings. The van der Waals surface area contributed by atoms with E-state index in [1.54, 1.807) is 0 Å². The fraction of sp³-hybridized carbons (Fsp3) is 0.0500. The molecule has 0 unspecified atom stereocenters. The van der Waals surface area contributed by atoms with Crippen molar-refractivity contribution in [3.8, 4) is 56.9 Å². The summed E-state index contributed by atoms with van der Waals surface area (Å²) in [6, 6.07) is 72.9. The van der Waals surface area contributed by atoms with Gasteiger partial charge in [-0.2, -0.15) is 0 Å². The van der Waals surface area contributed by atoms with Crippen LogP contribution in [0, 0.1) is 0 Å². The summed E-state index contributed by atoms with van der Waals surface area (Å²) in [4.78, 5) is 15.1. The Hall–Kier alpha value is -8.81. The first kappa shape index (κ1) is 36.5. The second kappa shape index (κ2) is 13.8. The van der Waals surface area contributed by atoms with E-state index in [1.807, 2.05) is 36.4 Å². The smallest absolute Gasteiger partial charge is 0.164 e. The van der Waals surface area contributed by atoms with Crippen molar-refractivity contribution in [2.45, 2.75) is 19.3 Å². The van der Waals surface area contributed by atoms with Crippen LogP contribution in [-0.4, -0.2) is 33.2 Å². The first-order valence-corrected chi connectivity index (χ1v) is 23.1. The Balaban J connectivity index is 1.06. The summed E-state index contributed by atoms with van der Waals surface area (Å²) in [5, 5.41) is 0. The van der Waals surface area contributed by atoms with Crippen molar-refractivity contribution >= 4 is 44.1 Å². The average Bonchev–Trinajstić information content (AvgIpc) is 3.38. The van der Waals surface area contributed by atoms with Crippen molar-refractivity contribution in [2.75, 3.05) is 0 Å². The highest BCUT2D eigenvalue weighted by molar-refractivity contribution is 6.05. The Bertz CT molecular complexity index is 4040. The maximum Gasteiger partial charge on any atom is 0.164 e. The third-order valence-corrected chi connectivity index (χ3v) is 14.2. The van der Waals surface area contributed by atoms with Crippen LogP contribution in [-0.2, 0) is 19.3 Å². The van der Waals surface area contributed by atoms with E-state index in [2.05, 4.69) is 182 Å². The minimum absolute atomic E-state index is 0.631. The minimum atomic E-state index is 0.631. The first-order chi connectivity index (χ1) is 33.2. The second-order valence-electron chi connectivity index (χ2n) is 18.1. The van der Waals surface area contributed by atoms with E-state index in [4.69, 9.17) is 15.0 Å². The van der Waals surface area contributed by atoms with E-state index >= 15 is 0 Å². The van der Waals surface area contributed by atoms with Crippen LogP contribution in [0.1, 0.15) is 33.4 Å². The van der Waals surface area contributed by atoms with Crippen LogP contribution in [0.5, 0.6) is 0 Å². The van der Waals surface area contributed by atoms with Crippen LogP contribution in [0.2, 0.25) is 0 Å².